The van der Waals surface area contributed by atoms with Crippen molar-refractivity contribution in [1.29, 1.82) is 0 Å². The van der Waals surface area contributed by atoms with Crippen LogP contribution >= 0.6 is 0 Å². The fourth-order valence-corrected chi connectivity index (χ4v) is 4.29. The second-order valence-electron chi connectivity index (χ2n) is 8.06. The van der Waals surface area contributed by atoms with Gasteiger partial charge in [0.2, 0.25) is 0 Å². The molecule has 0 bridgehead atoms. The molecule has 7 heteroatoms. The lowest BCUT2D eigenvalue weighted by Crippen LogP contribution is -2.48. The first kappa shape index (κ1) is 19.1. The molecule has 0 radical (unpaired) electrons. The van der Waals surface area contributed by atoms with Crippen LogP contribution < -0.4 is 10.6 Å². The van der Waals surface area contributed by atoms with E-state index in [1.165, 1.54) is 5.56 Å². The Balaban J connectivity index is 1.29. The number of hydrogen-bond donors (Lipinski definition) is 2. The Morgan fingerprint density at radius 2 is 2.00 bits per heavy atom. The van der Waals surface area contributed by atoms with Crippen molar-refractivity contribution in [3.8, 4) is 0 Å². The molecule has 2 fully saturated rings. The second-order valence-corrected chi connectivity index (χ2v) is 8.06. The van der Waals surface area contributed by atoms with Crippen molar-refractivity contribution < 1.29 is 4.79 Å². The van der Waals surface area contributed by atoms with Gasteiger partial charge in [-0.2, -0.15) is 0 Å². The third-order valence-electron chi connectivity index (χ3n) is 6.00. The Bertz CT molecular complexity index is 770. The van der Waals surface area contributed by atoms with Crippen LogP contribution in [0.25, 0.3) is 0 Å². The predicted molar refractivity (Wildman–Crippen MR) is 108 cm³/mol. The minimum atomic E-state index is -0.103. The van der Waals surface area contributed by atoms with Crippen molar-refractivity contribution in [3.05, 3.63) is 47.8 Å². The van der Waals surface area contributed by atoms with Crippen molar-refractivity contribution in [1.82, 2.24) is 30.5 Å². The van der Waals surface area contributed by atoms with Gasteiger partial charge < -0.3 is 10.6 Å². The molecule has 7 nitrogen and oxygen atoms in total. The third kappa shape index (κ3) is 4.59. The molecule has 2 saturated heterocycles. The lowest BCUT2D eigenvalue weighted by Gasteiger charge is -2.37. The Morgan fingerprint density at radius 3 is 2.75 bits per heavy atom. The number of carbonyl (C=O) groups excluding carboxylic acids is 1. The second kappa shape index (κ2) is 8.84. The van der Waals surface area contributed by atoms with Crippen molar-refractivity contribution in [3.63, 3.8) is 0 Å². The topological polar surface area (TPSA) is 75.1 Å². The van der Waals surface area contributed by atoms with Gasteiger partial charge in [0, 0.05) is 25.2 Å². The maximum absolute atomic E-state index is 12.6. The summed E-state index contributed by atoms with van der Waals surface area (Å²) in [5.41, 5.74) is 1.77. The van der Waals surface area contributed by atoms with Gasteiger partial charge in [-0.05, 0) is 51.3 Å². The zero-order valence-electron chi connectivity index (χ0n) is 16.6. The molecule has 2 aliphatic rings. The Labute approximate surface area is 166 Å². The molecule has 2 unspecified atom stereocenters. The number of rotatable bonds is 5. The zero-order valence-corrected chi connectivity index (χ0v) is 16.6. The quantitative estimate of drug-likeness (QED) is 0.827. The molecular formula is C21H30N6O. The first-order valence-corrected chi connectivity index (χ1v) is 10.4. The van der Waals surface area contributed by atoms with Crippen molar-refractivity contribution in [2.75, 3.05) is 19.6 Å². The highest BCUT2D eigenvalue weighted by Crippen LogP contribution is 2.21. The summed E-state index contributed by atoms with van der Waals surface area (Å²) in [4.78, 5) is 15.1. The first-order valence-electron chi connectivity index (χ1n) is 10.4. The maximum Gasteiger partial charge on any atom is 0.273 e. The highest BCUT2D eigenvalue weighted by atomic mass is 16.2. The van der Waals surface area contributed by atoms with E-state index < -0.39 is 0 Å². The van der Waals surface area contributed by atoms with Crippen LogP contribution in [0, 0.1) is 0 Å². The van der Waals surface area contributed by atoms with E-state index in [4.69, 9.17) is 0 Å². The van der Waals surface area contributed by atoms with Crippen LogP contribution in [-0.4, -0.2) is 57.5 Å². The molecule has 1 amide bonds. The lowest BCUT2D eigenvalue weighted by molar-refractivity contribution is 0.0862. The Morgan fingerprint density at radius 1 is 1.21 bits per heavy atom. The van der Waals surface area contributed by atoms with Crippen LogP contribution in [0.15, 0.2) is 36.5 Å². The van der Waals surface area contributed by atoms with E-state index in [0.717, 1.165) is 51.9 Å². The van der Waals surface area contributed by atoms with E-state index in [-0.39, 0.29) is 11.9 Å². The number of benzene rings is 1. The minimum absolute atomic E-state index is 0.103. The number of aromatic nitrogens is 3. The smallest absolute Gasteiger partial charge is 0.273 e. The maximum atomic E-state index is 12.6. The molecule has 0 saturated carbocycles. The van der Waals surface area contributed by atoms with E-state index in [1.807, 2.05) is 4.68 Å². The highest BCUT2D eigenvalue weighted by Gasteiger charge is 2.27. The largest absolute Gasteiger partial charge is 0.348 e. The molecule has 2 N–H and O–H groups in total. The van der Waals surface area contributed by atoms with Crippen LogP contribution in [0.1, 0.15) is 54.7 Å². The van der Waals surface area contributed by atoms with Gasteiger partial charge in [0.25, 0.3) is 5.91 Å². The number of hydrogen-bond acceptors (Lipinski definition) is 5. The molecule has 1 aromatic heterocycles. The molecule has 28 heavy (non-hydrogen) atoms. The molecule has 2 aliphatic heterocycles. The molecule has 1 aromatic carbocycles. The molecule has 0 aliphatic carbocycles. The number of piperidine rings is 2. The van der Waals surface area contributed by atoms with Crippen LogP contribution in [0.5, 0.6) is 0 Å². The van der Waals surface area contributed by atoms with E-state index >= 15 is 0 Å². The number of nitrogens with one attached hydrogen (secondary N) is 2. The van der Waals surface area contributed by atoms with Crippen LogP contribution in [0.4, 0.5) is 0 Å². The average molecular weight is 383 g/mol. The molecule has 4 rings (SSSR count). The van der Waals surface area contributed by atoms with Gasteiger partial charge in [0.1, 0.15) is 0 Å². The van der Waals surface area contributed by atoms with Crippen LogP contribution in [-0.2, 0) is 6.54 Å². The normalized spacial score (nSPS) is 24.2. The van der Waals surface area contributed by atoms with E-state index in [2.05, 4.69) is 63.1 Å². The SMILES string of the molecule is CC1CC(NC(=O)c2cn(C3CCNCC3)nn2)CCN1Cc1ccccc1. The molecule has 150 valence electrons. The summed E-state index contributed by atoms with van der Waals surface area (Å²) < 4.78 is 1.86. The van der Waals surface area contributed by atoms with E-state index in [1.54, 1.807) is 6.20 Å². The Hall–Kier alpha value is -2.25. The number of nitrogens with zero attached hydrogens (tertiary/aromatic N) is 4. The van der Waals surface area contributed by atoms with Gasteiger partial charge >= 0.3 is 0 Å². The number of likely N-dealkylation sites (tertiary alicyclic amines) is 1. The molecule has 2 atom stereocenters. The fraction of sp³-hybridized carbons (Fsp3) is 0.571. The lowest BCUT2D eigenvalue weighted by atomic mass is 9.97. The first-order chi connectivity index (χ1) is 13.7. The Kier molecular flexibility index (Phi) is 6.02. The zero-order chi connectivity index (χ0) is 19.3. The molecule has 2 aromatic rings. The van der Waals surface area contributed by atoms with Gasteiger partial charge in [0.05, 0.1) is 12.2 Å². The third-order valence-corrected chi connectivity index (χ3v) is 6.00. The minimum Gasteiger partial charge on any atom is -0.348 e. The van der Waals surface area contributed by atoms with Crippen molar-refractivity contribution in [2.45, 2.75) is 57.3 Å². The summed E-state index contributed by atoms with van der Waals surface area (Å²) in [6.45, 7) is 6.18. The highest BCUT2D eigenvalue weighted by molar-refractivity contribution is 5.92. The summed E-state index contributed by atoms with van der Waals surface area (Å²) >= 11 is 0. The monoisotopic (exact) mass is 382 g/mol. The molecule has 3 heterocycles. The van der Waals surface area contributed by atoms with Crippen molar-refractivity contribution >= 4 is 5.91 Å². The number of carbonyl (C=O) groups is 1. The summed E-state index contributed by atoms with van der Waals surface area (Å²) in [6, 6.07) is 11.5. The van der Waals surface area contributed by atoms with E-state index in [9.17, 15) is 4.79 Å². The van der Waals surface area contributed by atoms with Gasteiger partial charge in [0.15, 0.2) is 5.69 Å². The van der Waals surface area contributed by atoms with Crippen molar-refractivity contribution in [2.24, 2.45) is 0 Å². The van der Waals surface area contributed by atoms with Gasteiger partial charge in [-0.3, -0.25) is 9.69 Å². The van der Waals surface area contributed by atoms with Crippen LogP contribution in [0.2, 0.25) is 0 Å². The summed E-state index contributed by atoms with van der Waals surface area (Å²) in [6.07, 6.45) is 5.79. The summed E-state index contributed by atoms with van der Waals surface area (Å²) in [5.74, 6) is -0.103. The average Bonchev–Trinajstić information content (AvgIpc) is 3.22. The van der Waals surface area contributed by atoms with Gasteiger partial charge in [-0.15, -0.1) is 5.10 Å². The van der Waals surface area contributed by atoms with E-state index in [0.29, 0.717) is 17.8 Å². The van der Waals surface area contributed by atoms with Gasteiger partial charge in [-0.25, -0.2) is 4.68 Å². The van der Waals surface area contributed by atoms with Crippen LogP contribution in [0.3, 0.4) is 0 Å². The summed E-state index contributed by atoms with van der Waals surface area (Å²) in [5, 5.41) is 14.8. The summed E-state index contributed by atoms with van der Waals surface area (Å²) in [7, 11) is 0. The molecule has 0 spiro atoms. The number of amides is 1. The van der Waals surface area contributed by atoms with Gasteiger partial charge in [-0.1, -0.05) is 35.5 Å². The predicted octanol–water partition coefficient (Wildman–Crippen LogP) is 1.99. The molecular weight excluding hydrogens is 352 g/mol. The fourth-order valence-electron chi connectivity index (χ4n) is 4.29. The standard InChI is InChI=1S/C21H30N6O/c1-16-13-18(9-12-26(16)14-17-5-3-2-4-6-17)23-21(28)20-15-27(25-24-20)19-7-10-22-11-8-19/h2-6,15-16,18-19,22H,7-14H2,1H3,(H,23,28).